The van der Waals surface area contributed by atoms with Gasteiger partial charge in [-0.3, -0.25) is 4.79 Å². The topological polar surface area (TPSA) is 80.0 Å². The molecule has 2 aromatic heterocycles. The van der Waals surface area contributed by atoms with Gasteiger partial charge < -0.3 is 15.0 Å². The van der Waals surface area contributed by atoms with Gasteiger partial charge in [-0.25, -0.2) is 9.97 Å². The van der Waals surface area contributed by atoms with Crippen LogP contribution in [0.1, 0.15) is 6.42 Å². The first kappa shape index (κ1) is 16.8. The van der Waals surface area contributed by atoms with Crippen molar-refractivity contribution in [3.8, 4) is 17.1 Å². The Balaban J connectivity index is 1.38. The number of nitrogens with zero attached hydrogens (tertiary/aromatic N) is 3. The summed E-state index contributed by atoms with van der Waals surface area (Å²) in [5, 5.41) is 13.5. The summed E-state index contributed by atoms with van der Waals surface area (Å²) in [4.78, 5) is 20.7. The first-order valence-electron chi connectivity index (χ1n) is 8.64. The van der Waals surface area contributed by atoms with Gasteiger partial charge in [0.25, 0.3) is 0 Å². The first-order valence-corrected chi connectivity index (χ1v) is 8.64. The molecule has 0 saturated carbocycles. The van der Waals surface area contributed by atoms with Crippen LogP contribution in [0.15, 0.2) is 73.2 Å². The maximum atomic E-state index is 12.2. The van der Waals surface area contributed by atoms with E-state index in [-0.39, 0.29) is 11.7 Å². The number of carbonyl (C=O) groups is 1. The molecule has 2 aromatic carbocycles. The maximum Gasteiger partial charge on any atom is 0.226 e. The van der Waals surface area contributed by atoms with Crippen molar-refractivity contribution in [1.82, 2.24) is 14.5 Å². The Bertz CT molecular complexity index is 1090. The van der Waals surface area contributed by atoms with E-state index in [1.807, 2.05) is 36.5 Å². The highest BCUT2D eigenvalue weighted by atomic mass is 16.3. The van der Waals surface area contributed by atoms with Gasteiger partial charge in [-0.15, -0.1) is 0 Å². The van der Waals surface area contributed by atoms with Crippen molar-refractivity contribution in [3.63, 3.8) is 0 Å². The van der Waals surface area contributed by atoms with Crippen LogP contribution in [0.25, 0.3) is 22.3 Å². The number of phenolic OH excluding ortho intramolecular Hbond substituents is 1. The molecule has 0 spiro atoms. The summed E-state index contributed by atoms with van der Waals surface area (Å²) in [7, 11) is 0. The van der Waals surface area contributed by atoms with E-state index in [1.54, 1.807) is 30.6 Å². The number of nitrogens with one attached hydrogen (secondary N) is 1. The summed E-state index contributed by atoms with van der Waals surface area (Å²) in [6.07, 6.45) is 5.47. The largest absolute Gasteiger partial charge is 0.508 e. The predicted octanol–water partition coefficient (Wildman–Crippen LogP) is 3.83. The van der Waals surface area contributed by atoms with Crippen molar-refractivity contribution in [2.75, 3.05) is 5.32 Å². The third kappa shape index (κ3) is 3.79. The van der Waals surface area contributed by atoms with Gasteiger partial charge in [-0.1, -0.05) is 30.3 Å². The minimum Gasteiger partial charge on any atom is -0.508 e. The fraction of sp³-hybridized carbons (Fsp3) is 0.0952. The van der Waals surface area contributed by atoms with E-state index in [0.29, 0.717) is 30.0 Å². The molecule has 0 radical (unpaired) electrons. The van der Waals surface area contributed by atoms with Crippen LogP contribution in [-0.2, 0) is 11.3 Å². The van der Waals surface area contributed by atoms with Crippen LogP contribution in [0.2, 0.25) is 0 Å². The second-order valence-corrected chi connectivity index (χ2v) is 6.21. The van der Waals surface area contributed by atoms with Gasteiger partial charge in [0.05, 0.1) is 18.1 Å². The molecule has 0 unspecified atom stereocenters. The molecule has 134 valence electrons. The number of amides is 1. The van der Waals surface area contributed by atoms with E-state index in [0.717, 1.165) is 10.9 Å². The molecule has 0 fully saturated rings. The van der Waals surface area contributed by atoms with Crippen molar-refractivity contribution in [3.05, 3.63) is 73.2 Å². The van der Waals surface area contributed by atoms with Crippen LogP contribution in [0.4, 0.5) is 5.69 Å². The minimum absolute atomic E-state index is 0.0958. The van der Waals surface area contributed by atoms with Gasteiger partial charge in [0.2, 0.25) is 5.91 Å². The molecule has 0 saturated heterocycles. The highest BCUT2D eigenvalue weighted by molar-refractivity contribution is 5.90. The Morgan fingerprint density at radius 3 is 2.67 bits per heavy atom. The second-order valence-electron chi connectivity index (χ2n) is 6.21. The van der Waals surface area contributed by atoms with Gasteiger partial charge in [0.1, 0.15) is 5.75 Å². The number of para-hydroxylation sites is 1. The predicted molar refractivity (Wildman–Crippen MR) is 104 cm³/mol. The quantitative estimate of drug-likeness (QED) is 0.568. The molecule has 0 aliphatic heterocycles. The van der Waals surface area contributed by atoms with Gasteiger partial charge in [-0.05, 0) is 29.7 Å². The number of anilines is 1. The van der Waals surface area contributed by atoms with E-state index in [2.05, 4.69) is 25.9 Å². The highest BCUT2D eigenvalue weighted by Gasteiger charge is 2.07. The summed E-state index contributed by atoms with van der Waals surface area (Å²) in [6, 6.07) is 16.9. The third-order valence-corrected chi connectivity index (χ3v) is 4.30. The molecular weight excluding hydrogens is 340 g/mol. The Morgan fingerprint density at radius 2 is 1.85 bits per heavy atom. The van der Waals surface area contributed by atoms with Gasteiger partial charge in [0.15, 0.2) is 5.82 Å². The van der Waals surface area contributed by atoms with E-state index >= 15 is 0 Å². The number of fused-ring (bicyclic) bond motifs is 1. The molecule has 6 nitrogen and oxygen atoms in total. The van der Waals surface area contributed by atoms with Crippen molar-refractivity contribution in [2.45, 2.75) is 13.0 Å². The van der Waals surface area contributed by atoms with Crippen LogP contribution >= 0.6 is 0 Å². The molecule has 0 atom stereocenters. The Morgan fingerprint density at radius 1 is 1.04 bits per heavy atom. The lowest BCUT2D eigenvalue weighted by Crippen LogP contribution is -2.14. The van der Waals surface area contributed by atoms with Crippen molar-refractivity contribution < 1.29 is 9.90 Å². The fourth-order valence-corrected chi connectivity index (χ4v) is 2.97. The average molecular weight is 358 g/mol. The fourth-order valence-electron chi connectivity index (χ4n) is 2.97. The van der Waals surface area contributed by atoms with Crippen molar-refractivity contribution in [1.29, 1.82) is 0 Å². The van der Waals surface area contributed by atoms with Gasteiger partial charge in [0, 0.05) is 30.2 Å². The van der Waals surface area contributed by atoms with E-state index in [4.69, 9.17) is 0 Å². The first-order chi connectivity index (χ1) is 13.2. The molecular formula is C21H18N4O2. The molecule has 2 N–H and O–H groups in total. The minimum atomic E-state index is -0.0958. The lowest BCUT2D eigenvalue weighted by Gasteiger charge is -2.07. The molecule has 0 aliphatic carbocycles. The molecule has 27 heavy (non-hydrogen) atoms. The highest BCUT2D eigenvalue weighted by Crippen LogP contribution is 2.20. The van der Waals surface area contributed by atoms with E-state index < -0.39 is 0 Å². The number of phenols is 1. The van der Waals surface area contributed by atoms with Crippen LogP contribution in [0.3, 0.4) is 0 Å². The lowest BCUT2D eigenvalue weighted by atomic mass is 10.2. The number of aromatic hydroxyl groups is 1. The molecule has 4 rings (SSSR count). The summed E-state index contributed by atoms with van der Waals surface area (Å²) >= 11 is 0. The molecule has 6 heteroatoms. The molecule has 2 heterocycles. The number of aromatic nitrogens is 3. The Hall–Kier alpha value is -3.67. The van der Waals surface area contributed by atoms with Crippen LogP contribution in [0.5, 0.6) is 5.75 Å². The molecule has 1 amide bonds. The normalized spacial score (nSPS) is 10.8. The number of hydrogen-bond donors (Lipinski definition) is 2. The number of rotatable bonds is 5. The van der Waals surface area contributed by atoms with Gasteiger partial charge >= 0.3 is 0 Å². The zero-order valence-electron chi connectivity index (χ0n) is 14.5. The number of hydrogen-bond acceptors (Lipinski definition) is 4. The standard InChI is InChI=1S/C21H18N4O2/c26-18-6-3-5-16(12-18)21-22-13-17(14-23-21)24-20(27)9-11-25-10-8-15-4-1-2-7-19(15)25/h1-8,10,12-14,26H,9,11H2,(H,24,27). The van der Waals surface area contributed by atoms with Crippen LogP contribution < -0.4 is 5.32 Å². The summed E-state index contributed by atoms with van der Waals surface area (Å²) in [6.45, 7) is 0.599. The smallest absolute Gasteiger partial charge is 0.226 e. The number of aryl methyl sites for hydroxylation is 1. The lowest BCUT2D eigenvalue weighted by molar-refractivity contribution is -0.116. The van der Waals surface area contributed by atoms with E-state index in [1.165, 1.54) is 0 Å². The maximum absolute atomic E-state index is 12.2. The van der Waals surface area contributed by atoms with Crippen LogP contribution in [-0.4, -0.2) is 25.5 Å². The third-order valence-electron chi connectivity index (χ3n) is 4.30. The SMILES string of the molecule is O=C(CCn1ccc2ccccc21)Nc1cnc(-c2cccc(O)c2)nc1. The van der Waals surface area contributed by atoms with Crippen LogP contribution in [0, 0.1) is 0 Å². The zero-order valence-corrected chi connectivity index (χ0v) is 14.5. The summed E-state index contributed by atoms with van der Waals surface area (Å²) in [5.41, 5.74) is 2.37. The Kier molecular flexibility index (Phi) is 4.53. The molecule has 0 aliphatic rings. The Labute approximate surface area is 156 Å². The number of benzene rings is 2. The second kappa shape index (κ2) is 7.29. The van der Waals surface area contributed by atoms with E-state index in [9.17, 15) is 9.90 Å². The zero-order chi connectivity index (χ0) is 18.6. The molecule has 0 bridgehead atoms. The average Bonchev–Trinajstić information content (AvgIpc) is 3.10. The molecule has 4 aromatic rings. The van der Waals surface area contributed by atoms with Gasteiger partial charge in [-0.2, -0.15) is 0 Å². The number of carbonyl (C=O) groups excluding carboxylic acids is 1. The van der Waals surface area contributed by atoms with Crippen molar-refractivity contribution >= 4 is 22.5 Å². The summed E-state index contributed by atoms with van der Waals surface area (Å²) < 4.78 is 2.07. The van der Waals surface area contributed by atoms with Crippen molar-refractivity contribution in [2.24, 2.45) is 0 Å². The summed E-state index contributed by atoms with van der Waals surface area (Å²) in [5.74, 6) is 0.551. The monoisotopic (exact) mass is 358 g/mol.